The van der Waals surface area contributed by atoms with E-state index in [4.69, 9.17) is 4.74 Å². The molecule has 2 atom stereocenters. The summed E-state index contributed by atoms with van der Waals surface area (Å²) in [6, 6.07) is 7.66. The lowest BCUT2D eigenvalue weighted by Gasteiger charge is -2.58. The van der Waals surface area contributed by atoms with Crippen LogP contribution in [0.15, 0.2) is 24.3 Å². The predicted molar refractivity (Wildman–Crippen MR) is 96.7 cm³/mol. The van der Waals surface area contributed by atoms with Gasteiger partial charge in [-0.05, 0) is 13.0 Å². The Kier molecular flexibility index (Phi) is 4.52. The maximum absolute atomic E-state index is 12.7. The summed E-state index contributed by atoms with van der Waals surface area (Å²) in [7, 11) is 1.82. The number of aryl methyl sites for hydroxylation is 1. The zero-order chi connectivity index (χ0) is 19.1. The number of fused-ring (bicyclic) bond motifs is 1. The van der Waals surface area contributed by atoms with Gasteiger partial charge in [-0.1, -0.05) is 32.0 Å². The first kappa shape index (κ1) is 18.4. The molecule has 0 spiro atoms. The predicted octanol–water partition coefficient (Wildman–Crippen LogP) is 1.89. The van der Waals surface area contributed by atoms with Crippen molar-refractivity contribution in [3.8, 4) is 0 Å². The van der Waals surface area contributed by atoms with E-state index in [9.17, 15) is 14.7 Å². The SMILES string of the molecule is CCOC1CC(NC(=O)Cc2nn(C)c3ccccc23)(C(=O)O)C1(C)C. The first-order chi connectivity index (χ1) is 12.2. The molecule has 0 saturated heterocycles. The zero-order valence-corrected chi connectivity index (χ0v) is 15.6. The quantitative estimate of drug-likeness (QED) is 0.821. The topological polar surface area (TPSA) is 93.5 Å². The summed E-state index contributed by atoms with van der Waals surface area (Å²) in [6.45, 7) is 6.03. The van der Waals surface area contributed by atoms with Crippen LogP contribution in [0.4, 0.5) is 0 Å². The van der Waals surface area contributed by atoms with Gasteiger partial charge in [0.1, 0.15) is 5.54 Å². The van der Waals surface area contributed by atoms with Crippen LogP contribution in [0.2, 0.25) is 0 Å². The number of aromatic nitrogens is 2. The number of benzene rings is 1. The Morgan fingerprint density at radius 3 is 2.69 bits per heavy atom. The number of carboxylic acid groups (broad SMARTS) is 1. The third-order valence-electron chi connectivity index (χ3n) is 5.64. The molecule has 2 aromatic rings. The lowest BCUT2D eigenvalue weighted by atomic mass is 9.54. The molecule has 0 bridgehead atoms. The number of carbonyl (C=O) groups is 2. The highest BCUT2D eigenvalue weighted by molar-refractivity contribution is 5.92. The number of carboxylic acids is 1. The minimum Gasteiger partial charge on any atom is -0.479 e. The number of ether oxygens (including phenoxy) is 1. The fraction of sp³-hybridized carbons (Fsp3) is 0.526. The van der Waals surface area contributed by atoms with Gasteiger partial charge >= 0.3 is 5.97 Å². The standard InChI is InChI=1S/C19H25N3O4/c1-5-26-15-11-19(17(24)25,18(15,2)3)20-16(23)10-13-12-8-6-7-9-14(12)22(4)21-13/h6-9,15H,5,10-11H2,1-4H3,(H,20,23)(H,24,25). The van der Waals surface area contributed by atoms with Gasteiger partial charge in [0.05, 0.1) is 23.7 Å². The van der Waals surface area contributed by atoms with Crippen molar-refractivity contribution in [2.75, 3.05) is 6.61 Å². The van der Waals surface area contributed by atoms with Crippen LogP contribution in [0.1, 0.15) is 32.9 Å². The van der Waals surface area contributed by atoms with Crippen LogP contribution in [0.25, 0.3) is 10.9 Å². The number of nitrogens with one attached hydrogen (secondary N) is 1. The zero-order valence-electron chi connectivity index (χ0n) is 15.6. The van der Waals surface area contributed by atoms with E-state index in [2.05, 4.69) is 10.4 Å². The Hall–Kier alpha value is -2.41. The molecular formula is C19H25N3O4. The van der Waals surface area contributed by atoms with Crippen LogP contribution in [0.3, 0.4) is 0 Å². The minimum atomic E-state index is -1.32. The number of rotatable bonds is 6. The van der Waals surface area contributed by atoms with Gasteiger partial charge in [-0.25, -0.2) is 4.79 Å². The second kappa shape index (κ2) is 6.39. The molecule has 2 unspecified atom stereocenters. The maximum atomic E-state index is 12.7. The highest BCUT2D eigenvalue weighted by Gasteiger charge is 2.66. The number of hydrogen-bond acceptors (Lipinski definition) is 4. The minimum absolute atomic E-state index is 0.0335. The largest absolute Gasteiger partial charge is 0.479 e. The monoisotopic (exact) mass is 359 g/mol. The second-order valence-corrected chi connectivity index (χ2v) is 7.39. The Labute approximate surface area is 152 Å². The molecule has 0 aliphatic heterocycles. The smallest absolute Gasteiger partial charge is 0.330 e. The molecule has 0 radical (unpaired) electrons. The number of hydrogen-bond donors (Lipinski definition) is 2. The summed E-state index contributed by atoms with van der Waals surface area (Å²) < 4.78 is 7.35. The Morgan fingerprint density at radius 1 is 1.38 bits per heavy atom. The van der Waals surface area contributed by atoms with Gasteiger partial charge in [0.2, 0.25) is 5.91 Å². The van der Waals surface area contributed by atoms with E-state index < -0.39 is 16.9 Å². The molecule has 1 amide bonds. The van der Waals surface area contributed by atoms with Crippen molar-refractivity contribution < 1.29 is 19.4 Å². The number of amides is 1. The van der Waals surface area contributed by atoms with E-state index in [1.54, 1.807) is 4.68 Å². The van der Waals surface area contributed by atoms with Crippen LogP contribution in [0.5, 0.6) is 0 Å². The molecule has 7 heteroatoms. The summed E-state index contributed by atoms with van der Waals surface area (Å²) in [5, 5.41) is 17.9. The molecule has 1 aromatic carbocycles. The van der Waals surface area contributed by atoms with Crippen LogP contribution >= 0.6 is 0 Å². The molecule has 2 N–H and O–H groups in total. The van der Waals surface area contributed by atoms with E-state index in [1.165, 1.54) is 0 Å². The molecule has 1 fully saturated rings. The summed E-state index contributed by atoms with van der Waals surface area (Å²) in [5.74, 6) is -1.38. The molecular weight excluding hydrogens is 334 g/mol. The molecule has 1 aliphatic carbocycles. The van der Waals surface area contributed by atoms with Crippen molar-refractivity contribution in [2.45, 2.75) is 45.3 Å². The first-order valence-corrected chi connectivity index (χ1v) is 8.79. The number of aliphatic carboxylic acids is 1. The number of nitrogens with zero attached hydrogens (tertiary/aromatic N) is 2. The lowest BCUT2D eigenvalue weighted by molar-refractivity contribution is -0.194. The molecule has 1 saturated carbocycles. The Balaban J connectivity index is 1.81. The molecule has 7 nitrogen and oxygen atoms in total. The summed E-state index contributed by atoms with van der Waals surface area (Å²) in [4.78, 5) is 24.6. The van der Waals surface area contributed by atoms with Crippen LogP contribution < -0.4 is 5.32 Å². The van der Waals surface area contributed by atoms with E-state index in [1.807, 2.05) is 52.1 Å². The molecule has 3 rings (SSSR count). The Bertz CT molecular complexity index is 858. The number of carbonyl (C=O) groups excluding carboxylic acids is 1. The summed E-state index contributed by atoms with van der Waals surface area (Å²) >= 11 is 0. The van der Waals surface area contributed by atoms with Crippen molar-refractivity contribution in [3.63, 3.8) is 0 Å². The average molecular weight is 359 g/mol. The number of para-hydroxylation sites is 1. The highest BCUT2D eigenvalue weighted by Crippen LogP contribution is 2.51. The van der Waals surface area contributed by atoms with E-state index in [0.717, 1.165) is 10.9 Å². The maximum Gasteiger partial charge on any atom is 0.330 e. The van der Waals surface area contributed by atoms with Crippen molar-refractivity contribution >= 4 is 22.8 Å². The molecule has 1 aromatic heterocycles. The van der Waals surface area contributed by atoms with Gasteiger partial charge in [-0.15, -0.1) is 0 Å². The Morgan fingerprint density at radius 2 is 2.08 bits per heavy atom. The normalized spacial score (nSPS) is 24.2. The van der Waals surface area contributed by atoms with Crippen molar-refractivity contribution in [2.24, 2.45) is 12.5 Å². The highest BCUT2D eigenvalue weighted by atomic mass is 16.5. The van der Waals surface area contributed by atoms with Gasteiger partial charge in [0.25, 0.3) is 0 Å². The lowest BCUT2D eigenvalue weighted by Crippen LogP contribution is -2.76. The third kappa shape index (κ3) is 2.67. The van der Waals surface area contributed by atoms with Gasteiger partial charge in [-0.3, -0.25) is 9.48 Å². The van der Waals surface area contributed by atoms with Gasteiger partial charge in [0, 0.05) is 30.9 Å². The third-order valence-corrected chi connectivity index (χ3v) is 5.64. The van der Waals surface area contributed by atoms with E-state index in [-0.39, 0.29) is 24.9 Å². The molecule has 1 aliphatic rings. The van der Waals surface area contributed by atoms with E-state index >= 15 is 0 Å². The van der Waals surface area contributed by atoms with E-state index in [0.29, 0.717) is 12.3 Å². The molecule has 140 valence electrons. The van der Waals surface area contributed by atoms with Crippen molar-refractivity contribution in [1.82, 2.24) is 15.1 Å². The van der Waals surface area contributed by atoms with Gasteiger partial charge < -0.3 is 15.2 Å². The van der Waals surface area contributed by atoms with Gasteiger partial charge in [0.15, 0.2) is 0 Å². The fourth-order valence-electron chi connectivity index (χ4n) is 3.89. The van der Waals surface area contributed by atoms with Crippen LogP contribution in [0, 0.1) is 5.41 Å². The van der Waals surface area contributed by atoms with Crippen molar-refractivity contribution in [1.29, 1.82) is 0 Å². The average Bonchev–Trinajstić information content (AvgIpc) is 2.89. The van der Waals surface area contributed by atoms with Crippen molar-refractivity contribution in [3.05, 3.63) is 30.0 Å². The summed E-state index contributed by atoms with van der Waals surface area (Å²) in [5.41, 5.74) is -0.450. The van der Waals surface area contributed by atoms with Crippen LogP contribution in [-0.4, -0.2) is 45.0 Å². The molecule has 26 heavy (non-hydrogen) atoms. The van der Waals surface area contributed by atoms with Gasteiger partial charge in [-0.2, -0.15) is 5.10 Å². The van der Waals surface area contributed by atoms with Crippen LogP contribution in [-0.2, 0) is 27.8 Å². The fourth-order valence-corrected chi connectivity index (χ4v) is 3.89. The second-order valence-electron chi connectivity index (χ2n) is 7.39. The first-order valence-electron chi connectivity index (χ1n) is 8.79. The summed E-state index contributed by atoms with van der Waals surface area (Å²) in [6.07, 6.45) is 0.100. The molecule has 1 heterocycles.